The van der Waals surface area contributed by atoms with Gasteiger partial charge in [0.15, 0.2) is 0 Å². The van der Waals surface area contributed by atoms with Gasteiger partial charge in [-0.2, -0.15) is 0 Å². The molecule has 0 atom stereocenters. The Labute approximate surface area is 120 Å². The molecule has 0 aliphatic carbocycles. The molecule has 9 nitrogen and oxygen atoms in total. The van der Waals surface area contributed by atoms with E-state index in [-0.39, 0.29) is 16.6 Å². The van der Waals surface area contributed by atoms with Crippen molar-refractivity contribution < 1.29 is 13.2 Å². The van der Waals surface area contributed by atoms with Crippen molar-refractivity contribution in [3.05, 3.63) is 47.1 Å². The normalized spacial score (nSPS) is 10.5. The molecule has 21 heavy (non-hydrogen) atoms. The maximum atomic E-state index is 12.2. The maximum absolute atomic E-state index is 12.2. The highest BCUT2D eigenvalue weighted by Gasteiger charge is 2.17. The topological polar surface area (TPSA) is 130 Å². The Bertz CT molecular complexity index is 784. The van der Waals surface area contributed by atoms with Crippen molar-refractivity contribution in [1.82, 2.24) is 9.97 Å². The average molecular weight is 306 g/mol. The van der Waals surface area contributed by atoms with Gasteiger partial charge < -0.3 is 4.74 Å². The Morgan fingerprint density at radius 1 is 1.24 bits per heavy atom. The van der Waals surface area contributed by atoms with Crippen LogP contribution in [0.25, 0.3) is 10.4 Å². The second kappa shape index (κ2) is 6.07. The number of aromatic nitrogens is 2. The summed E-state index contributed by atoms with van der Waals surface area (Å²) in [5.74, 6) is 0.0471. The van der Waals surface area contributed by atoms with Gasteiger partial charge in [-0.15, -0.1) is 0 Å². The van der Waals surface area contributed by atoms with Gasteiger partial charge in [-0.1, -0.05) is 17.2 Å². The van der Waals surface area contributed by atoms with E-state index in [1.54, 1.807) is 0 Å². The van der Waals surface area contributed by atoms with Crippen molar-refractivity contribution in [3.8, 4) is 5.88 Å². The van der Waals surface area contributed by atoms with Crippen LogP contribution in [-0.2, 0) is 10.0 Å². The molecule has 0 saturated heterocycles. The summed E-state index contributed by atoms with van der Waals surface area (Å²) in [7, 11) is -2.49. The molecule has 1 aromatic heterocycles. The molecule has 1 aromatic carbocycles. The molecule has 0 bridgehead atoms. The molecule has 10 heteroatoms. The second-order valence-electron chi connectivity index (χ2n) is 3.70. The molecular weight excluding hydrogens is 296 g/mol. The fourth-order valence-corrected chi connectivity index (χ4v) is 2.48. The van der Waals surface area contributed by atoms with E-state index in [0.29, 0.717) is 5.69 Å². The fourth-order valence-electron chi connectivity index (χ4n) is 1.47. The van der Waals surface area contributed by atoms with E-state index in [2.05, 4.69) is 24.7 Å². The molecule has 108 valence electrons. The molecular formula is C11H10N6O3S. The summed E-state index contributed by atoms with van der Waals surface area (Å²) in [6, 6.07) is 5.41. The molecule has 0 aliphatic rings. The maximum Gasteiger partial charge on any atom is 0.263 e. The standard InChI is InChI=1S/C11H10N6O3S/c1-20-11-10(13-6-7-14-11)16-21(18,19)9-4-2-8(3-5-9)15-17-12/h2-7H,1H3,(H,13,16). The molecule has 0 spiro atoms. The first-order valence-corrected chi connectivity index (χ1v) is 7.08. The number of hydrogen-bond donors (Lipinski definition) is 1. The smallest absolute Gasteiger partial charge is 0.263 e. The average Bonchev–Trinajstić information content (AvgIpc) is 2.48. The number of rotatable bonds is 5. The van der Waals surface area contributed by atoms with Gasteiger partial charge in [0.25, 0.3) is 15.9 Å². The number of nitrogens with zero attached hydrogens (tertiary/aromatic N) is 5. The van der Waals surface area contributed by atoms with Crippen molar-refractivity contribution in [2.24, 2.45) is 5.11 Å². The minimum Gasteiger partial charge on any atom is -0.478 e. The predicted molar refractivity (Wildman–Crippen MR) is 74.6 cm³/mol. The Balaban J connectivity index is 2.31. The lowest BCUT2D eigenvalue weighted by Gasteiger charge is -2.09. The van der Waals surface area contributed by atoms with Crippen molar-refractivity contribution in [3.63, 3.8) is 0 Å². The summed E-state index contributed by atoms with van der Waals surface area (Å²) >= 11 is 0. The van der Waals surface area contributed by atoms with Gasteiger partial charge in [0, 0.05) is 23.0 Å². The van der Waals surface area contributed by atoms with E-state index in [0.717, 1.165) is 0 Å². The predicted octanol–water partition coefficient (Wildman–Crippen LogP) is 2.23. The third kappa shape index (κ3) is 3.38. The van der Waals surface area contributed by atoms with E-state index in [9.17, 15) is 8.42 Å². The third-order valence-corrected chi connectivity index (χ3v) is 3.75. The third-order valence-electron chi connectivity index (χ3n) is 2.40. The number of methoxy groups -OCH3 is 1. The SMILES string of the molecule is COc1nccnc1NS(=O)(=O)c1ccc(N=[N+]=[N-])cc1. The molecule has 2 rings (SSSR count). The van der Waals surface area contributed by atoms with Gasteiger partial charge in [-0.25, -0.2) is 18.4 Å². The Kier molecular flexibility index (Phi) is 4.21. The molecule has 0 radical (unpaired) electrons. The summed E-state index contributed by atoms with van der Waals surface area (Å²) in [4.78, 5) is 10.3. The molecule has 1 heterocycles. The lowest BCUT2D eigenvalue weighted by Crippen LogP contribution is -2.14. The number of benzene rings is 1. The minimum absolute atomic E-state index is 0.00732. The molecule has 0 amide bonds. The van der Waals surface area contributed by atoms with Crippen molar-refractivity contribution in [2.75, 3.05) is 11.8 Å². The van der Waals surface area contributed by atoms with E-state index >= 15 is 0 Å². The van der Waals surface area contributed by atoms with Crippen LogP contribution in [0, 0.1) is 0 Å². The van der Waals surface area contributed by atoms with Crippen LogP contribution in [0.15, 0.2) is 46.7 Å². The summed E-state index contributed by atoms with van der Waals surface area (Å²) < 4.78 is 31.6. The van der Waals surface area contributed by atoms with E-state index in [4.69, 9.17) is 10.3 Å². The largest absolute Gasteiger partial charge is 0.478 e. The van der Waals surface area contributed by atoms with Crippen molar-refractivity contribution in [1.29, 1.82) is 0 Å². The van der Waals surface area contributed by atoms with Crippen LogP contribution in [0.5, 0.6) is 5.88 Å². The molecule has 0 saturated carbocycles. The first-order valence-electron chi connectivity index (χ1n) is 5.60. The minimum atomic E-state index is -3.84. The summed E-state index contributed by atoms with van der Waals surface area (Å²) in [6.45, 7) is 0. The second-order valence-corrected chi connectivity index (χ2v) is 5.39. The van der Waals surface area contributed by atoms with E-state index < -0.39 is 10.0 Å². The Hall–Kier alpha value is -2.84. The number of ether oxygens (including phenoxy) is 1. The molecule has 0 fully saturated rings. The summed E-state index contributed by atoms with van der Waals surface area (Å²) in [5, 5.41) is 3.36. The van der Waals surface area contributed by atoms with Crippen LogP contribution in [-0.4, -0.2) is 25.5 Å². The number of anilines is 1. The number of nitrogens with one attached hydrogen (secondary N) is 1. The number of hydrogen-bond acceptors (Lipinski definition) is 6. The van der Waals surface area contributed by atoms with Crippen LogP contribution in [0.4, 0.5) is 11.5 Å². The zero-order chi connectivity index (χ0) is 15.3. The highest BCUT2D eigenvalue weighted by Crippen LogP contribution is 2.22. The number of sulfonamides is 1. The summed E-state index contributed by atoms with van der Waals surface area (Å²) in [6.07, 6.45) is 2.72. The van der Waals surface area contributed by atoms with Crippen LogP contribution < -0.4 is 9.46 Å². The molecule has 1 N–H and O–H groups in total. The highest BCUT2D eigenvalue weighted by atomic mass is 32.2. The van der Waals surface area contributed by atoms with Crippen molar-refractivity contribution >= 4 is 21.5 Å². The number of azide groups is 1. The lowest BCUT2D eigenvalue weighted by atomic mass is 10.3. The fraction of sp³-hybridized carbons (Fsp3) is 0.0909. The quantitative estimate of drug-likeness (QED) is 0.514. The summed E-state index contributed by atoms with van der Waals surface area (Å²) in [5.41, 5.74) is 8.61. The molecule has 0 aliphatic heterocycles. The van der Waals surface area contributed by atoms with Crippen molar-refractivity contribution in [2.45, 2.75) is 4.90 Å². The molecule has 0 unspecified atom stereocenters. The van der Waals surface area contributed by atoms with Crippen LogP contribution in [0.1, 0.15) is 0 Å². The van der Waals surface area contributed by atoms with Crippen LogP contribution >= 0.6 is 0 Å². The van der Waals surface area contributed by atoms with Gasteiger partial charge in [0.05, 0.1) is 12.0 Å². The Morgan fingerprint density at radius 2 is 1.90 bits per heavy atom. The Morgan fingerprint density at radius 3 is 2.52 bits per heavy atom. The van der Waals surface area contributed by atoms with Gasteiger partial charge >= 0.3 is 0 Å². The first kappa shape index (κ1) is 14.6. The van der Waals surface area contributed by atoms with Gasteiger partial charge in [-0.3, -0.25) is 4.72 Å². The van der Waals surface area contributed by atoms with E-state index in [1.165, 1.54) is 43.8 Å². The lowest BCUT2D eigenvalue weighted by molar-refractivity contribution is 0.398. The van der Waals surface area contributed by atoms with Gasteiger partial charge in [-0.05, 0) is 17.7 Å². The molecule has 2 aromatic rings. The highest BCUT2D eigenvalue weighted by molar-refractivity contribution is 7.92. The first-order chi connectivity index (χ1) is 10.1. The zero-order valence-electron chi connectivity index (χ0n) is 10.8. The van der Waals surface area contributed by atoms with Crippen LogP contribution in [0.3, 0.4) is 0 Å². The van der Waals surface area contributed by atoms with Crippen LogP contribution in [0.2, 0.25) is 0 Å². The zero-order valence-corrected chi connectivity index (χ0v) is 11.6. The van der Waals surface area contributed by atoms with Gasteiger partial charge in [0.1, 0.15) is 0 Å². The van der Waals surface area contributed by atoms with E-state index in [1.807, 2.05) is 0 Å². The monoisotopic (exact) mass is 306 g/mol. The van der Waals surface area contributed by atoms with Gasteiger partial charge in [0.2, 0.25) is 5.82 Å².